The van der Waals surface area contributed by atoms with Gasteiger partial charge in [-0.15, -0.1) is 0 Å². The summed E-state index contributed by atoms with van der Waals surface area (Å²) in [4.78, 5) is 29.5. The van der Waals surface area contributed by atoms with E-state index in [-0.39, 0.29) is 17.1 Å². The summed E-state index contributed by atoms with van der Waals surface area (Å²) in [5.41, 5.74) is 4.98. The maximum absolute atomic E-state index is 14.0. The van der Waals surface area contributed by atoms with E-state index in [2.05, 4.69) is 15.9 Å². The van der Waals surface area contributed by atoms with Crippen LogP contribution in [0, 0.1) is 13.8 Å². The first-order chi connectivity index (χ1) is 19.4. The van der Waals surface area contributed by atoms with Crippen LogP contribution >= 0.6 is 15.9 Å². The summed E-state index contributed by atoms with van der Waals surface area (Å²) >= 11 is 3.45. The van der Waals surface area contributed by atoms with Crippen LogP contribution in [0.3, 0.4) is 0 Å². The summed E-state index contributed by atoms with van der Waals surface area (Å²) in [6.45, 7) is 4.39. The molecule has 5 aromatic rings. The van der Waals surface area contributed by atoms with Gasteiger partial charge in [-0.05, 0) is 78.6 Å². The van der Waals surface area contributed by atoms with Crippen LogP contribution in [0.5, 0.6) is 11.5 Å². The van der Waals surface area contributed by atoms with E-state index in [1.807, 2.05) is 80.6 Å². The van der Waals surface area contributed by atoms with Crippen molar-refractivity contribution in [3.63, 3.8) is 0 Å². The summed E-state index contributed by atoms with van der Waals surface area (Å²) in [5, 5.41) is 0.405. The van der Waals surface area contributed by atoms with Gasteiger partial charge in [0.15, 0.2) is 16.9 Å². The number of carbonyl (C=O) groups is 1. The molecule has 0 saturated heterocycles. The van der Waals surface area contributed by atoms with E-state index >= 15 is 0 Å². The Kier molecular flexibility index (Phi) is 6.68. The quantitative estimate of drug-likeness (QED) is 0.203. The van der Waals surface area contributed by atoms with Gasteiger partial charge in [-0.1, -0.05) is 58.4 Å². The van der Waals surface area contributed by atoms with Gasteiger partial charge in [0.1, 0.15) is 12.2 Å². The zero-order chi connectivity index (χ0) is 28.0. The zero-order valence-electron chi connectivity index (χ0n) is 22.2. The number of hydrogen-bond acceptors (Lipinski definition) is 5. The van der Waals surface area contributed by atoms with Gasteiger partial charge in [-0.25, -0.2) is 0 Å². The van der Waals surface area contributed by atoms with Crippen molar-refractivity contribution >= 4 is 38.5 Å². The lowest BCUT2D eigenvalue weighted by Crippen LogP contribution is -2.29. The molecule has 2 heterocycles. The minimum absolute atomic E-state index is 0.0476. The molecule has 0 fully saturated rings. The Bertz CT molecular complexity index is 1830. The third-order valence-corrected chi connectivity index (χ3v) is 7.83. The maximum Gasteiger partial charge on any atom is 0.295 e. The largest absolute Gasteiger partial charge is 0.493 e. The summed E-state index contributed by atoms with van der Waals surface area (Å²) in [6.07, 6.45) is 0. The second-order valence-electron chi connectivity index (χ2n) is 9.85. The molecule has 0 bridgehead atoms. The number of anilines is 1. The van der Waals surface area contributed by atoms with E-state index in [1.54, 1.807) is 30.2 Å². The number of halogens is 1. The van der Waals surface area contributed by atoms with Crippen LogP contribution in [0.25, 0.3) is 11.0 Å². The van der Waals surface area contributed by atoms with Crippen molar-refractivity contribution in [2.45, 2.75) is 26.5 Å². The van der Waals surface area contributed by atoms with Crippen molar-refractivity contribution in [1.82, 2.24) is 0 Å². The molecule has 0 saturated carbocycles. The minimum Gasteiger partial charge on any atom is -0.493 e. The number of fused-ring (bicyclic) bond motifs is 2. The summed E-state index contributed by atoms with van der Waals surface area (Å²) in [6, 6.07) is 25.7. The minimum atomic E-state index is -0.721. The molecule has 4 aromatic carbocycles. The van der Waals surface area contributed by atoms with Gasteiger partial charge in [0.25, 0.3) is 5.91 Å². The Hall–Kier alpha value is -4.36. The van der Waals surface area contributed by atoms with Crippen LogP contribution in [-0.4, -0.2) is 13.0 Å². The van der Waals surface area contributed by atoms with Gasteiger partial charge >= 0.3 is 0 Å². The van der Waals surface area contributed by atoms with E-state index in [1.165, 1.54) is 0 Å². The smallest absolute Gasteiger partial charge is 0.295 e. The second kappa shape index (κ2) is 10.3. The number of aryl methyl sites for hydroxylation is 2. The van der Waals surface area contributed by atoms with E-state index in [0.29, 0.717) is 45.9 Å². The van der Waals surface area contributed by atoms with E-state index in [9.17, 15) is 9.59 Å². The molecule has 1 aromatic heterocycles. The summed E-state index contributed by atoms with van der Waals surface area (Å²) in [7, 11) is 1.57. The molecule has 0 N–H and O–H groups in total. The molecule has 6 rings (SSSR count). The maximum atomic E-state index is 14.0. The number of methoxy groups -OCH3 is 1. The van der Waals surface area contributed by atoms with E-state index in [0.717, 1.165) is 21.2 Å². The van der Waals surface area contributed by atoms with Gasteiger partial charge in [-0.2, -0.15) is 0 Å². The fourth-order valence-electron chi connectivity index (χ4n) is 5.11. The molecule has 1 unspecified atom stereocenters. The Labute approximate surface area is 239 Å². The molecular weight excluding hydrogens is 570 g/mol. The van der Waals surface area contributed by atoms with Crippen molar-refractivity contribution in [3.05, 3.63) is 133 Å². The highest BCUT2D eigenvalue weighted by molar-refractivity contribution is 9.10. The highest BCUT2D eigenvalue weighted by atomic mass is 79.9. The third-order valence-electron chi connectivity index (χ3n) is 7.34. The number of rotatable bonds is 6. The van der Waals surface area contributed by atoms with Crippen LogP contribution in [0.15, 0.2) is 98.6 Å². The molecule has 1 aliphatic heterocycles. The van der Waals surface area contributed by atoms with Crippen molar-refractivity contribution in [1.29, 1.82) is 0 Å². The molecule has 1 aliphatic rings. The zero-order valence-corrected chi connectivity index (χ0v) is 23.8. The first-order valence-corrected chi connectivity index (χ1v) is 13.7. The highest BCUT2D eigenvalue weighted by Gasteiger charge is 2.44. The monoisotopic (exact) mass is 595 g/mol. The van der Waals surface area contributed by atoms with Crippen LogP contribution in [0.4, 0.5) is 5.69 Å². The lowest BCUT2D eigenvalue weighted by atomic mass is 9.97. The van der Waals surface area contributed by atoms with Crippen LogP contribution in [0.1, 0.15) is 44.4 Å². The van der Waals surface area contributed by atoms with Gasteiger partial charge in [0.05, 0.1) is 24.1 Å². The van der Waals surface area contributed by atoms with Crippen LogP contribution in [0.2, 0.25) is 0 Å². The lowest BCUT2D eigenvalue weighted by Gasteiger charge is -2.26. The standard InChI is InChI=1S/C33H26BrNO5/c1-19-9-12-24(15-20(19)2)35-30(29-31(36)25-17-23(34)11-14-26(25)40-32(29)33(35)37)22-10-13-27(28(16-22)38-3)39-18-21-7-5-4-6-8-21/h4-17,30H,18H2,1-3H3. The van der Waals surface area contributed by atoms with Crippen molar-refractivity contribution in [2.24, 2.45) is 0 Å². The number of carbonyl (C=O) groups excluding carboxylic acids is 1. The van der Waals surface area contributed by atoms with Crippen molar-refractivity contribution in [2.75, 3.05) is 12.0 Å². The van der Waals surface area contributed by atoms with Gasteiger partial charge in [-0.3, -0.25) is 14.5 Å². The second-order valence-corrected chi connectivity index (χ2v) is 10.8. The van der Waals surface area contributed by atoms with Crippen LogP contribution < -0.4 is 19.8 Å². The Morgan fingerprint density at radius 2 is 1.68 bits per heavy atom. The molecule has 0 aliphatic carbocycles. The molecule has 0 spiro atoms. The fraction of sp³-hybridized carbons (Fsp3) is 0.152. The van der Waals surface area contributed by atoms with E-state index < -0.39 is 6.04 Å². The topological polar surface area (TPSA) is 69.0 Å². The summed E-state index contributed by atoms with van der Waals surface area (Å²) in [5.74, 6) is 0.745. The average Bonchev–Trinajstić information content (AvgIpc) is 3.26. The van der Waals surface area contributed by atoms with Crippen molar-refractivity contribution < 1.29 is 18.7 Å². The average molecular weight is 596 g/mol. The molecule has 7 heteroatoms. The number of hydrogen-bond donors (Lipinski definition) is 0. The number of nitrogens with zero attached hydrogens (tertiary/aromatic N) is 1. The Morgan fingerprint density at radius 3 is 2.42 bits per heavy atom. The molecule has 1 atom stereocenters. The first-order valence-electron chi connectivity index (χ1n) is 12.9. The lowest BCUT2D eigenvalue weighted by molar-refractivity contribution is 0.0971. The third kappa shape index (κ3) is 4.46. The van der Waals surface area contributed by atoms with Crippen molar-refractivity contribution in [3.8, 4) is 11.5 Å². The molecule has 1 amide bonds. The predicted molar refractivity (Wildman–Crippen MR) is 159 cm³/mol. The first kappa shape index (κ1) is 25.9. The van der Waals surface area contributed by atoms with E-state index in [4.69, 9.17) is 13.9 Å². The Morgan fingerprint density at radius 1 is 0.875 bits per heavy atom. The number of ether oxygens (including phenoxy) is 2. The van der Waals surface area contributed by atoms with Gasteiger partial charge in [0.2, 0.25) is 5.76 Å². The Balaban J connectivity index is 1.51. The molecule has 200 valence electrons. The fourth-order valence-corrected chi connectivity index (χ4v) is 5.47. The summed E-state index contributed by atoms with van der Waals surface area (Å²) < 4.78 is 18.6. The highest BCUT2D eigenvalue weighted by Crippen LogP contribution is 2.43. The molecule has 6 nitrogen and oxygen atoms in total. The van der Waals surface area contributed by atoms with Gasteiger partial charge in [0, 0.05) is 10.2 Å². The molecular formula is C33H26BrNO5. The predicted octanol–water partition coefficient (Wildman–Crippen LogP) is 7.51. The van der Waals surface area contributed by atoms with Gasteiger partial charge < -0.3 is 13.9 Å². The number of benzene rings is 4. The molecule has 40 heavy (non-hydrogen) atoms. The SMILES string of the molecule is COc1cc(C2c3c(oc4ccc(Br)cc4c3=O)C(=O)N2c2ccc(C)c(C)c2)ccc1OCc1ccccc1. The molecule has 0 radical (unpaired) electrons. The van der Waals surface area contributed by atoms with Crippen LogP contribution in [-0.2, 0) is 6.61 Å². The normalized spacial score (nSPS) is 14.4. The number of amides is 1.